The molecule has 124 valence electrons. The van der Waals surface area contributed by atoms with E-state index < -0.39 is 0 Å². The van der Waals surface area contributed by atoms with Crippen molar-refractivity contribution >= 4 is 5.91 Å². The number of fused-ring (bicyclic) bond motifs is 3. The highest BCUT2D eigenvalue weighted by molar-refractivity contribution is 5.95. The van der Waals surface area contributed by atoms with E-state index in [2.05, 4.69) is 41.4 Å². The van der Waals surface area contributed by atoms with Gasteiger partial charge in [0.15, 0.2) is 0 Å². The van der Waals surface area contributed by atoms with E-state index >= 15 is 0 Å². The fraction of sp³-hybridized carbons (Fsp3) is 0.381. The van der Waals surface area contributed by atoms with Crippen LogP contribution >= 0.6 is 0 Å². The summed E-state index contributed by atoms with van der Waals surface area (Å²) >= 11 is 0. The number of aryl methyl sites for hydroxylation is 1. The predicted octanol–water partition coefficient (Wildman–Crippen LogP) is 3.49. The minimum absolute atomic E-state index is 0.0603. The number of hydrogen-bond donors (Lipinski definition) is 1. The SMILES string of the molecule is Cc1ccccc1-c1ccc(C(=O)N[C@@H]2CN3CCC2CC3)cc1. The second-order valence-corrected chi connectivity index (χ2v) is 7.11. The average Bonchev–Trinajstić information content (AvgIpc) is 2.63. The molecule has 0 spiro atoms. The van der Waals surface area contributed by atoms with Crippen LogP contribution in [-0.2, 0) is 0 Å². The summed E-state index contributed by atoms with van der Waals surface area (Å²) < 4.78 is 0. The van der Waals surface area contributed by atoms with E-state index in [-0.39, 0.29) is 5.91 Å². The summed E-state index contributed by atoms with van der Waals surface area (Å²) in [5, 5.41) is 3.26. The number of amides is 1. The highest BCUT2D eigenvalue weighted by Gasteiger charge is 2.34. The van der Waals surface area contributed by atoms with Crippen LogP contribution in [0.15, 0.2) is 48.5 Å². The lowest BCUT2D eigenvalue weighted by Gasteiger charge is -2.44. The molecular weight excluding hydrogens is 296 g/mol. The van der Waals surface area contributed by atoms with Crippen LogP contribution in [0.5, 0.6) is 0 Å². The van der Waals surface area contributed by atoms with Crippen molar-refractivity contribution < 1.29 is 4.79 Å². The summed E-state index contributed by atoms with van der Waals surface area (Å²) in [7, 11) is 0. The topological polar surface area (TPSA) is 32.3 Å². The molecule has 0 radical (unpaired) electrons. The summed E-state index contributed by atoms with van der Waals surface area (Å²) in [5.41, 5.74) is 4.39. The van der Waals surface area contributed by atoms with Crippen LogP contribution in [0.2, 0.25) is 0 Å². The molecule has 3 aliphatic heterocycles. The normalized spacial score (nSPS) is 25.5. The van der Waals surface area contributed by atoms with Gasteiger partial charge in [0, 0.05) is 18.2 Å². The minimum atomic E-state index is 0.0603. The Hall–Kier alpha value is -2.13. The van der Waals surface area contributed by atoms with Crippen LogP contribution in [0, 0.1) is 12.8 Å². The van der Waals surface area contributed by atoms with Gasteiger partial charge in [0.1, 0.15) is 0 Å². The summed E-state index contributed by atoms with van der Waals surface area (Å²) in [6.45, 7) is 5.52. The fourth-order valence-electron chi connectivity index (χ4n) is 4.08. The molecule has 0 saturated carbocycles. The van der Waals surface area contributed by atoms with E-state index in [1.54, 1.807) is 0 Å². The molecule has 1 N–H and O–H groups in total. The maximum Gasteiger partial charge on any atom is 0.251 e. The second-order valence-electron chi connectivity index (χ2n) is 7.11. The standard InChI is InChI=1S/C21H24N2O/c1-15-4-2-3-5-19(15)16-6-8-18(9-7-16)21(24)22-20-14-23-12-10-17(20)11-13-23/h2-9,17,20H,10-14H2,1H3,(H,22,24)/t20-/m1/s1. The largest absolute Gasteiger partial charge is 0.348 e. The number of rotatable bonds is 3. The molecule has 0 aromatic heterocycles. The van der Waals surface area contributed by atoms with Crippen molar-refractivity contribution in [3.05, 3.63) is 59.7 Å². The van der Waals surface area contributed by atoms with Gasteiger partial charge in [0.05, 0.1) is 0 Å². The van der Waals surface area contributed by atoms with Gasteiger partial charge in [-0.1, -0.05) is 36.4 Å². The highest BCUT2D eigenvalue weighted by Crippen LogP contribution is 2.28. The van der Waals surface area contributed by atoms with Gasteiger partial charge in [-0.05, 0) is 67.6 Å². The van der Waals surface area contributed by atoms with Gasteiger partial charge < -0.3 is 10.2 Å². The van der Waals surface area contributed by atoms with E-state index in [0.29, 0.717) is 12.0 Å². The molecule has 3 heteroatoms. The van der Waals surface area contributed by atoms with Crippen molar-refractivity contribution in [3.8, 4) is 11.1 Å². The van der Waals surface area contributed by atoms with Gasteiger partial charge in [-0.3, -0.25) is 4.79 Å². The summed E-state index contributed by atoms with van der Waals surface area (Å²) in [5.74, 6) is 0.718. The number of nitrogens with one attached hydrogen (secondary N) is 1. The van der Waals surface area contributed by atoms with Crippen molar-refractivity contribution in [2.45, 2.75) is 25.8 Å². The summed E-state index contributed by atoms with van der Waals surface area (Å²) in [4.78, 5) is 15.0. The molecule has 1 atom stereocenters. The second kappa shape index (κ2) is 6.40. The molecule has 0 aliphatic carbocycles. The van der Waals surface area contributed by atoms with Gasteiger partial charge in [0.2, 0.25) is 0 Å². The monoisotopic (exact) mass is 320 g/mol. The molecule has 5 rings (SSSR count). The van der Waals surface area contributed by atoms with Gasteiger partial charge in [-0.25, -0.2) is 0 Å². The van der Waals surface area contributed by atoms with Crippen molar-refractivity contribution in [2.75, 3.05) is 19.6 Å². The van der Waals surface area contributed by atoms with Crippen LogP contribution in [0.4, 0.5) is 0 Å². The smallest absolute Gasteiger partial charge is 0.251 e. The Morgan fingerprint density at radius 2 is 1.75 bits per heavy atom. The molecule has 2 aromatic rings. The lowest BCUT2D eigenvalue weighted by atomic mass is 9.84. The van der Waals surface area contributed by atoms with Crippen molar-refractivity contribution in [1.29, 1.82) is 0 Å². The summed E-state index contributed by atoms with van der Waals surface area (Å²) in [6, 6.07) is 16.6. The maximum absolute atomic E-state index is 12.6. The quantitative estimate of drug-likeness (QED) is 0.939. The Bertz CT molecular complexity index is 730. The third-order valence-electron chi connectivity index (χ3n) is 5.58. The first-order valence-electron chi connectivity index (χ1n) is 8.90. The molecule has 3 aliphatic rings. The maximum atomic E-state index is 12.6. The van der Waals surface area contributed by atoms with E-state index in [0.717, 1.165) is 17.7 Å². The lowest BCUT2D eigenvalue weighted by molar-refractivity contribution is 0.0620. The van der Waals surface area contributed by atoms with E-state index in [1.165, 1.54) is 37.1 Å². The number of benzene rings is 2. The van der Waals surface area contributed by atoms with Crippen molar-refractivity contribution in [1.82, 2.24) is 10.2 Å². The molecule has 3 nitrogen and oxygen atoms in total. The minimum Gasteiger partial charge on any atom is -0.348 e. The molecule has 0 unspecified atom stereocenters. The van der Waals surface area contributed by atoms with E-state index in [9.17, 15) is 4.79 Å². The molecule has 3 fully saturated rings. The third-order valence-corrected chi connectivity index (χ3v) is 5.58. The Balaban J connectivity index is 1.47. The van der Waals surface area contributed by atoms with Crippen LogP contribution in [0.3, 0.4) is 0 Å². The Kier molecular flexibility index (Phi) is 4.11. The zero-order valence-electron chi connectivity index (χ0n) is 14.2. The fourth-order valence-corrected chi connectivity index (χ4v) is 4.08. The highest BCUT2D eigenvalue weighted by atomic mass is 16.1. The van der Waals surface area contributed by atoms with Gasteiger partial charge in [-0.2, -0.15) is 0 Å². The molecule has 3 heterocycles. The van der Waals surface area contributed by atoms with Crippen LogP contribution in [-0.4, -0.2) is 36.5 Å². The van der Waals surface area contributed by atoms with E-state index in [4.69, 9.17) is 0 Å². The van der Waals surface area contributed by atoms with Gasteiger partial charge in [0.25, 0.3) is 5.91 Å². The number of piperidine rings is 3. The number of hydrogen-bond acceptors (Lipinski definition) is 2. The first-order valence-corrected chi connectivity index (χ1v) is 8.90. The predicted molar refractivity (Wildman–Crippen MR) is 97.0 cm³/mol. The zero-order chi connectivity index (χ0) is 16.5. The number of carbonyl (C=O) groups excluding carboxylic acids is 1. The number of carbonyl (C=O) groups is 1. The van der Waals surface area contributed by atoms with Crippen molar-refractivity contribution in [3.63, 3.8) is 0 Å². The van der Waals surface area contributed by atoms with Crippen LogP contribution in [0.25, 0.3) is 11.1 Å². The van der Waals surface area contributed by atoms with Crippen molar-refractivity contribution in [2.24, 2.45) is 5.92 Å². The van der Waals surface area contributed by atoms with Crippen LogP contribution < -0.4 is 5.32 Å². The zero-order valence-corrected chi connectivity index (χ0v) is 14.2. The molecule has 2 aromatic carbocycles. The summed E-state index contributed by atoms with van der Waals surface area (Å²) in [6.07, 6.45) is 2.44. The first-order chi connectivity index (χ1) is 11.7. The Morgan fingerprint density at radius 1 is 1.04 bits per heavy atom. The molecule has 3 saturated heterocycles. The molecule has 24 heavy (non-hydrogen) atoms. The molecule has 2 bridgehead atoms. The van der Waals surface area contributed by atoms with Gasteiger partial charge >= 0.3 is 0 Å². The lowest BCUT2D eigenvalue weighted by Crippen LogP contribution is -2.57. The Labute approximate surface area is 143 Å². The van der Waals surface area contributed by atoms with Gasteiger partial charge in [-0.15, -0.1) is 0 Å². The average molecular weight is 320 g/mol. The Morgan fingerprint density at radius 3 is 2.38 bits per heavy atom. The van der Waals surface area contributed by atoms with E-state index in [1.807, 2.05) is 24.3 Å². The first kappa shape index (κ1) is 15.4. The molecular formula is C21H24N2O. The molecule has 1 amide bonds. The number of nitrogens with zero attached hydrogens (tertiary/aromatic N) is 1. The third kappa shape index (κ3) is 2.96. The van der Waals surface area contributed by atoms with Crippen LogP contribution in [0.1, 0.15) is 28.8 Å².